The predicted molar refractivity (Wildman–Crippen MR) is 106 cm³/mol. The zero-order chi connectivity index (χ0) is 21.0. The highest BCUT2D eigenvalue weighted by Gasteiger charge is 2.24. The number of likely N-dealkylation sites (tertiary alicyclic amines) is 1. The van der Waals surface area contributed by atoms with Crippen molar-refractivity contribution in [1.29, 1.82) is 0 Å². The number of pyridine rings is 1. The van der Waals surface area contributed by atoms with Crippen molar-refractivity contribution < 1.29 is 18.0 Å². The number of halogens is 3. The maximum Gasteiger partial charge on any atom is 0.253 e. The Morgan fingerprint density at radius 2 is 1.83 bits per heavy atom. The Morgan fingerprint density at radius 1 is 1.10 bits per heavy atom. The number of carbonyl (C=O) groups is 1. The highest BCUT2D eigenvalue weighted by atomic mass is 19.2. The lowest BCUT2D eigenvalue weighted by Crippen LogP contribution is -2.37. The van der Waals surface area contributed by atoms with Gasteiger partial charge < -0.3 is 15.5 Å². The van der Waals surface area contributed by atoms with E-state index >= 15 is 0 Å². The topological polar surface area (TPSA) is 57.3 Å². The Labute approximate surface area is 168 Å². The Hall–Kier alpha value is -2.61. The van der Waals surface area contributed by atoms with Gasteiger partial charge in [0.2, 0.25) is 0 Å². The molecule has 1 aromatic heterocycles. The maximum absolute atomic E-state index is 14.5. The van der Waals surface area contributed by atoms with Crippen LogP contribution >= 0.6 is 0 Å². The van der Waals surface area contributed by atoms with Gasteiger partial charge in [0.25, 0.3) is 5.91 Å². The van der Waals surface area contributed by atoms with Gasteiger partial charge in [0.1, 0.15) is 5.82 Å². The van der Waals surface area contributed by atoms with Gasteiger partial charge in [0, 0.05) is 19.3 Å². The molecular formula is C21H25F3N4O. The number of hydrogen-bond donors (Lipinski definition) is 2. The highest BCUT2D eigenvalue weighted by Crippen LogP contribution is 2.29. The number of amides is 1. The van der Waals surface area contributed by atoms with Gasteiger partial charge in [-0.2, -0.15) is 0 Å². The second-order valence-electron chi connectivity index (χ2n) is 7.37. The largest absolute Gasteiger partial charge is 0.351 e. The van der Waals surface area contributed by atoms with Gasteiger partial charge in [-0.1, -0.05) is 12.5 Å². The fraction of sp³-hybridized carbons (Fsp3) is 0.429. The quantitative estimate of drug-likeness (QED) is 0.710. The molecule has 1 amide bonds. The smallest absolute Gasteiger partial charge is 0.253 e. The molecule has 5 nitrogen and oxygen atoms in total. The fourth-order valence-corrected chi connectivity index (χ4v) is 3.47. The predicted octanol–water partition coefficient (Wildman–Crippen LogP) is 4.08. The summed E-state index contributed by atoms with van der Waals surface area (Å²) in [5, 5.41) is 5.33. The van der Waals surface area contributed by atoms with Crippen LogP contribution in [0.1, 0.15) is 40.7 Å². The molecule has 8 heteroatoms. The molecule has 1 saturated heterocycles. The van der Waals surface area contributed by atoms with Gasteiger partial charge in [-0.3, -0.25) is 4.79 Å². The zero-order valence-corrected chi connectivity index (χ0v) is 16.6. The summed E-state index contributed by atoms with van der Waals surface area (Å²) < 4.78 is 42.2. The lowest BCUT2D eigenvalue weighted by molar-refractivity contribution is 0.0946. The number of anilines is 2. The Bertz CT molecular complexity index is 898. The molecule has 0 aliphatic carbocycles. The van der Waals surface area contributed by atoms with Crippen molar-refractivity contribution in [3.63, 3.8) is 0 Å². The lowest BCUT2D eigenvalue weighted by atomic mass is 10.1. The Morgan fingerprint density at radius 3 is 2.52 bits per heavy atom. The van der Waals surface area contributed by atoms with E-state index in [9.17, 15) is 18.0 Å². The molecule has 0 unspecified atom stereocenters. The molecule has 0 spiro atoms. The lowest BCUT2D eigenvalue weighted by Gasteiger charge is -2.26. The first-order chi connectivity index (χ1) is 13.9. The number of nitrogens with zero attached hydrogens (tertiary/aromatic N) is 2. The summed E-state index contributed by atoms with van der Waals surface area (Å²) in [5.41, 5.74) is 0.848. The van der Waals surface area contributed by atoms with Gasteiger partial charge in [-0.15, -0.1) is 0 Å². The van der Waals surface area contributed by atoms with Crippen molar-refractivity contribution in [2.45, 2.75) is 33.1 Å². The molecule has 2 aromatic rings. The molecular weight excluding hydrogens is 381 g/mol. The second kappa shape index (κ2) is 9.26. The Kier molecular flexibility index (Phi) is 6.74. The van der Waals surface area contributed by atoms with E-state index in [0.29, 0.717) is 24.7 Å². The summed E-state index contributed by atoms with van der Waals surface area (Å²) in [7, 11) is 0. The molecule has 2 heterocycles. The molecule has 3 rings (SSSR count). The first-order valence-electron chi connectivity index (χ1n) is 9.75. The summed E-state index contributed by atoms with van der Waals surface area (Å²) in [6.07, 6.45) is 5.02. The number of aryl methyl sites for hydroxylation is 2. The third-order valence-electron chi connectivity index (χ3n) is 5.03. The number of aromatic nitrogens is 1. The molecule has 1 fully saturated rings. The van der Waals surface area contributed by atoms with Crippen LogP contribution < -0.4 is 10.6 Å². The molecule has 29 heavy (non-hydrogen) atoms. The number of piperidine rings is 1. The van der Waals surface area contributed by atoms with E-state index in [1.165, 1.54) is 6.42 Å². The average Bonchev–Trinajstić information content (AvgIpc) is 2.70. The van der Waals surface area contributed by atoms with E-state index in [-0.39, 0.29) is 11.4 Å². The molecule has 0 saturated carbocycles. The van der Waals surface area contributed by atoms with Crippen molar-refractivity contribution in [2.75, 3.05) is 31.5 Å². The van der Waals surface area contributed by atoms with Crippen LogP contribution in [-0.2, 0) is 0 Å². The van der Waals surface area contributed by atoms with Crippen LogP contribution in [0.15, 0.2) is 18.3 Å². The van der Waals surface area contributed by atoms with Crippen molar-refractivity contribution in [1.82, 2.24) is 15.2 Å². The summed E-state index contributed by atoms with van der Waals surface area (Å²) in [4.78, 5) is 19.0. The van der Waals surface area contributed by atoms with E-state index in [2.05, 4.69) is 20.5 Å². The number of hydrogen-bond acceptors (Lipinski definition) is 4. The van der Waals surface area contributed by atoms with Crippen LogP contribution in [0, 0.1) is 31.3 Å². The van der Waals surface area contributed by atoms with Crippen LogP contribution in [0.2, 0.25) is 0 Å². The van der Waals surface area contributed by atoms with Gasteiger partial charge in [0.15, 0.2) is 17.5 Å². The molecule has 1 aliphatic heterocycles. The van der Waals surface area contributed by atoms with E-state index in [4.69, 9.17) is 0 Å². The monoisotopic (exact) mass is 406 g/mol. The molecule has 2 N–H and O–H groups in total. The number of benzene rings is 1. The SMILES string of the molecule is Cc1cnc(Nc2c(C(=O)NCCN3CCCCC3)cc(F)c(F)c2F)c(C)c1. The van der Waals surface area contributed by atoms with Crippen molar-refractivity contribution in [3.05, 3.63) is 52.5 Å². The van der Waals surface area contributed by atoms with Gasteiger partial charge in [-0.25, -0.2) is 18.2 Å². The summed E-state index contributed by atoms with van der Waals surface area (Å²) in [6.45, 7) is 6.53. The van der Waals surface area contributed by atoms with Crippen molar-refractivity contribution in [3.8, 4) is 0 Å². The van der Waals surface area contributed by atoms with Crippen LogP contribution in [0.5, 0.6) is 0 Å². The molecule has 1 aliphatic rings. The molecule has 1 aromatic carbocycles. The molecule has 0 bridgehead atoms. The minimum absolute atomic E-state index is 0.267. The van der Waals surface area contributed by atoms with Crippen molar-refractivity contribution >= 4 is 17.4 Å². The van der Waals surface area contributed by atoms with Crippen LogP contribution in [0.4, 0.5) is 24.7 Å². The van der Waals surface area contributed by atoms with Crippen LogP contribution in [0.3, 0.4) is 0 Å². The summed E-state index contributed by atoms with van der Waals surface area (Å²) in [5.74, 6) is -4.91. The van der Waals surface area contributed by atoms with E-state index < -0.39 is 29.0 Å². The number of nitrogens with one attached hydrogen (secondary N) is 2. The first-order valence-corrected chi connectivity index (χ1v) is 9.75. The maximum atomic E-state index is 14.5. The first kappa shape index (κ1) is 21.1. The van der Waals surface area contributed by atoms with E-state index in [1.54, 1.807) is 13.1 Å². The number of rotatable bonds is 6. The van der Waals surface area contributed by atoms with Crippen LogP contribution in [0.25, 0.3) is 0 Å². The zero-order valence-electron chi connectivity index (χ0n) is 16.6. The normalized spacial score (nSPS) is 14.7. The third-order valence-corrected chi connectivity index (χ3v) is 5.03. The second-order valence-corrected chi connectivity index (χ2v) is 7.37. The van der Waals surface area contributed by atoms with Crippen molar-refractivity contribution in [2.24, 2.45) is 0 Å². The summed E-state index contributed by atoms with van der Waals surface area (Å²) >= 11 is 0. The Balaban J connectivity index is 1.80. The molecule has 0 atom stereocenters. The van der Waals surface area contributed by atoms with Crippen LogP contribution in [-0.4, -0.2) is 42.0 Å². The van der Waals surface area contributed by atoms with E-state index in [1.807, 2.05) is 13.0 Å². The average molecular weight is 406 g/mol. The highest BCUT2D eigenvalue weighted by molar-refractivity contribution is 6.00. The minimum Gasteiger partial charge on any atom is -0.351 e. The van der Waals surface area contributed by atoms with Gasteiger partial charge in [-0.05, 0) is 57.0 Å². The summed E-state index contributed by atoms with van der Waals surface area (Å²) in [6, 6.07) is 2.52. The van der Waals surface area contributed by atoms with Gasteiger partial charge in [0.05, 0.1) is 11.3 Å². The molecule has 0 radical (unpaired) electrons. The van der Waals surface area contributed by atoms with Gasteiger partial charge >= 0.3 is 0 Å². The van der Waals surface area contributed by atoms with E-state index in [0.717, 1.165) is 31.5 Å². The third kappa shape index (κ3) is 5.06. The number of carbonyl (C=O) groups excluding carboxylic acids is 1. The fourth-order valence-electron chi connectivity index (χ4n) is 3.47. The standard InChI is InChI=1S/C21H25F3N4O/c1-13-10-14(2)20(26-12-13)27-19-15(11-16(22)17(23)18(19)24)21(29)25-6-9-28-7-4-3-5-8-28/h10-12H,3-9H2,1-2H3,(H,25,29)(H,26,27). The minimum atomic E-state index is -1.64. The molecule has 156 valence electrons.